The molecule has 0 aliphatic rings. The van der Waals surface area contributed by atoms with Crippen molar-refractivity contribution < 1.29 is 26.3 Å². The van der Waals surface area contributed by atoms with E-state index in [1.165, 1.54) is 0 Å². The Morgan fingerprint density at radius 2 is 1.57 bits per heavy atom. The van der Waals surface area contributed by atoms with E-state index in [1.54, 1.807) is 0 Å². The summed E-state index contributed by atoms with van der Waals surface area (Å²) < 4.78 is 75.2. The fraction of sp³-hybridized carbons (Fsp3) is 0.200. The Morgan fingerprint density at radius 3 is 2.00 bits per heavy atom. The van der Waals surface area contributed by atoms with Gasteiger partial charge in [0.2, 0.25) is 5.96 Å². The van der Waals surface area contributed by atoms with Gasteiger partial charge >= 0.3 is 12.4 Å². The molecule has 0 saturated carbocycles. The van der Waals surface area contributed by atoms with Gasteiger partial charge in [-0.1, -0.05) is 6.07 Å². The van der Waals surface area contributed by atoms with Crippen LogP contribution in [0.25, 0.3) is 0 Å². The van der Waals surface area contributed by atoms with Crippen LogP contribution in [0.4, 0.5) is 26.3 Å². The fourth-order valence-corrected chi connectivity index (χ4v) is 1.25. The maximum absolute atomic E-state index is 12.7. The highest BCUT2D eigenvalue weighted by Crippen LogP contribution is 2.36. The maximum atomic E-state index is 12.7. The van der Waals surface area contributed by atoms with E-state index >= 15 is 0 Å². The molecular formula is C10H9ClF6N4. The molecule has 0 unspecified atom stereocenters. The molecule has 0 spiro atoms. The number of benzene rings is 1. The van der Waals surface area contributed by atoms with Crippen LogP contribution < -0.4 is 11.5 Å². The van der Waals surface area contributed by atoms with E-state index in [1.807, 2.05) is 0 Å². The van der Waals surface area contributed by atoms with Crippen molar-refractivity contribution in [2.75, 3.05) is 0 Å². The minimum absolute atomic E-state index is 0. The Balaban J connectivity index is 0.00000400. The largest absolute Gasteiger partial charge is 0.417 e. The van der Waals surface area contributed by atoms with Gasteiger partial charge in [-0.2, -0.15) is 31.4 Å². The molecule has 21 heavy (non-hydrogen) atoms. The summed E-state index contributed by atoms with van der Waals surface area (Å²) in [6.07, 6.45) is -9.24. The van der Waals surface area contributed by atoms with E-state index in [9.17, 15) is 26.3 Å². The van der Waals surface area contributed by atoms with E-state index < -0.39 is 35.0 Å². The molecule has 0 saturated heterocycles. The van der Waals surface area contributed by atoms with Gasteiger partial charge in [-0.15, -0.1) is 17.5 Å². The first-order valence-corrected chi connectivity index (χ1v) is 4.92. The average molecular weight is 335 g/mol. The van der Waals surface area contributed by atoms with Gasteiger partial charge in [-0.05, 0) is 12.1 Å². The molecule has 0 heterocycles. The van der Waals surface area contributed by atoms with Gasteiger partial charge in [-0.25, -0.2) is 0 Å². The van der Waals surface area contributed by atoms with Crippen LogP contribution in [-0.2, 0) is 12.4 Å². The average Bonchev–Trinajstić information content (AvgIpc) is 2.25. The minimum Gasteiger partial charge on any atom is -0.369 e. The number of guanidine groups is 1. The molecular weight excluding hydrogens is 326 g/mol. The van der Waals surface area contributed by atoms with Gasteiger partial charge in [-0.3, -0.25) is 0 Å². The van der Waals surface area contributed by atoms with Gasteiger partial charge in [0.25, 0.3) is 0 Å². The lowest BCUT2D eigenvalue weighted by Gasteiger charge is -2.13. The highest BCUT2D eigenvalue weighted by molar-refractivity contribution is 5.85. The second kappa shape index (κ2) is 6.66. The lowest BCUT2D eigenvalue weighted by atomic mass is 10.0. The van der Waals surface area contributed by atoms with Gasteiger partial charge < -0.3 is 11.5 Å². The third-order valence-corrected chi connectivity index (χ3v) is 2.06. The molecule has 0 fully saturated rings. The first kappa shape index (κ1) is 19.0. The molecule has 1 rings (SSSR count). The van der Waals surface area contributed by atoms with E-state index in [0.29, 0.717) is 18.3 Å². The van der Waals surface area contributed by atoms with Gasteiger partial charge in [0.05, 0.1) is 17.3 Å². The van der Waals surface area contributed by atoms with E-state index in [4.69, 9.17) is 11.5 Å². The molecule has 118 valence electrons. The Bertz CT molecular complexity index is 545. The molecule has 4 N–H and O–H groups in total. The number of rotatable bonds is 2. The van der Waals surface area contributed by atoms with Crippen molar-refractivity contribution in [3.05, 3.63) is 34.9 Å². The third-order valence-electron chi connectivity index (χ3n) is 2.06. The van der Waals surface area contributed by atoms with Crippen molar-refractivity contribution in [1.82, 2.24) is 0 Å². The van der Waals surface area contributed by atoms with Crippen LogP contribution >= 0.6 is 12.4 Å². The lowest BCUT2D eigenvalue weighted by molar-refractivity contribution is -0.143. The Labute approximate surface area is 120 Å². The highest BCUT2D eigenvalue weighted by atomic mass is 35.5. The van der Waals surface area contributed by atoms with Crippen molar-refractivity contribution >= 4 is 24.6 Å². The second-order valence-corrected chi connectivity index (χ2v) is 3.57. The zero-order valence-corrected chi connectivity index (χ0v) is 10.9. The quantitative estimate of drug-likeness (QED) is 0.377. The zero-order chi connectivity index (χ0) is 15.6. The number of hydrogen-bond acceptors (Lipinski definition) is 2. The summed E-state index contributed by atoms with van der Waals surface area (Å²) in [7, 11) is 0. The molecule has 0 radical (unpaired) electrons. The minimum atomic E-state index is -4.97. The van der Waals surface area contributed by atoms with Crippen molar-refractivity contribution in [1.29, 1.82) is 0 Å². The zero-order valence-electron chi connectivity index (χ0n) is 10.0. The van der Waals surface area contributed by atoms with Crippen LogP contribution in [0.3, 0.4) is 0 Å². The monoisotopic (exact) mass is 334 g/mol. The van der Waals surface area contributed by atoms with Crippen LogP contribution in [0.2, 0.25) is 0 Å². The maximum Gasteiger partial charge on any atom is 0.417 e. The van der Waals surface area contributed by atoms with Gasteiger partial charge in [0.15, 0.2) is 0 Å². The Morgan fingerprint density at radius 1 is 1.00 bits per heavy atom. The van der Waals surface area contributed by atoms with E-state index in [2.05, 4.69) is 10.2 Å². The summed E-state index contributed by atoms with van der Waals surface area (Å²) in [6, 6.07) is 1.14. The number of nitrogens with two attached hydrogens (primary N) is 2. The van der Waals surface area contributed by atoms with Crippen LogP contribution in [0, 0.1) is 0 Å². The van der Waals surface area contributed by atoms with E-state index in [0.717, 1.165) is 0 Å². The number of nitrogens with zero attached hydrogens (tertiary/aromatic N) is 2. The third kappa shape index (κ3) is 5.50. The molecule has 0 bridgehead atoms. The van der Waals surface area contributed by atoms with Crippen LogP contribution in [0.5, 0.6) is 0 Å². The van der Waals surface area contributed by atoms with E-state index in [-0.39, 0.29) is 18.5 Å². The molecule has 4 nitrogen and oxygen atoms in total. The smallest absolute Gasteiger partial charge is 0.369 e. The SMILES string of the molecule is Cl.NC(N)=N/N=C/c1ccc(C(F)(F)F)cc1C(F)(F)F. The standard InChI is InChI=1S/C10H8F6N4.ClH/c11-9(12,13)6-2-1-5(4-19-20-8(17)18)7(3-6)10(14,15)16;/h1-4H,(H4,17,18,20);1H/b19-4+;. The number of hydrogen-bond donors (Lipinski definition) is 2. The second-order valence-electron chi connectivity index (χ2n) is 3.57. The first-order chi connectivity index (χ1) is 9.01. The molecule has 11 heteroatoms. The molecule has 0 aliphatic heterocycles. The predicted molar refractivity (Wildman–Crippen MR) is 67.1 cm³/mol. The van der Waals surface area contributed by atoms with Crippen molar-refractivity contribution in [2.45, 2.75) is 12.4 Å². The lowest BCUT2D eigenvalue weighted by Crippen LogP contribution is -2.21. The summed E-state index contributed by atoms with van der Waals surface area (Å²) >= 11 is 0. The summed E-state index contributed by atoms with van der Waals surface area (Å²) in [5.74, 6) is -0.498. The summed E-state index contributed by atoms with van der Waals surface area (Å²) in [5, 5.41) is 6.21. The molecule has 1 aromatic rings. The highest BCUT2D eigenvalue weighted by Gasteiger charge is 2.37. The molecule has 1 aromatic carbocycles. The topological polar surface area (TPSA) is 76.8 Å². The van der Waals surface area contributed by atoms with Crippen molar-refractivity contribution in [2.24, 2.45) is 21.7 Å². The summed E-state index contributed by atoms with van der Waals surface area (Å²) in [6.45, 7) is 0. The first-order valence-electron chi connectivity index (χ1n) is 4.92. The molecule has 0 aromatic heterocycles. The van der Waals surface area contributed by atoms with Gasteiger partial charge in [0.1, 0.15) is 0 Å². The van der Waals surface area contributed by atoms with Crippen molar-refractivity contribution in [3.63, 3.8) is 0 Å². The van der Waals surface area contributed by atoms with Gasteiger partial charge in [0, 0.05) is 5.56 Å². The summed E-state index contributed by atoms with van der Waals surface area (Å²) in [5.41, 5.74) is 6.32. The van der Waals surface area contributed by atoms with Crippen LogP contribution in [-0.4, -0.2) is 12.2 Å². The fourth-order valence-electron chi connectivity index (χ4n) is 1.25. The van der Waals surface area contributed by atoms with Crippen LogP contribution in [0.1, 0.15) is 16.7 Å². The number of halogens is 7. The Hall–Kier alpha value is -1.97. The predicted octanol–water partition coefficient (Wildman–Crippen LogP) is 2.75. The molecule has 0 atom stereocenters. The van der Waals surface area contributed by atoms with Crippen molar-refractivity contribution in [3.8, 4) is 0 Å². The number of alkyl halides is 6. The van der Waals surface area contributed by atoms with Crippen LogP contribution in [0.15, 0.2) is 28.4 Å². The Kier molecular flexibility index (Phi) is 6.03. The normalized spacial score (nSPS) is 12.1. The molecule has 0 aliphatic carbocycles. The molecule has 0 amide bonds. The summed E-state index contributed by atoms with van der Waals surface area (Å²) in [4.78, 5) is 0.